The van der Waals surface area contributed by atoms with Crippen molar-refractivity contribution >= 4 is 5.91 Å². The predicted octanol–water partition coefficient (Wildman–Crippen LogP) is 3.04. The number of amides is 1. The highest BCUT2D eigenvalue weighted by atomic mass is 19.2. The van der Waals surface area contributed by atoms with Gasteiger partial charge in [0.05, 0.1) is 12.6 Å². The molecule has 0 spiro atoms. The summed E-state index contributed by atoms with van der Waals surface area (Å²) in [4.78, 5) is 13.6. The molecule has 116 valence electrons. The van der Waals surface area contributed by atoms with Crippen molar-refractivity contribution in [2.75, 3.05) is 13.1 Å². The van der Waals surface area contributed by atoms with E-state index < -0.39 is 17.7 Å². The fourth-order valence-electron chi connectivity index (χ4n) is 2.78. The molecule has 1 heterocycles. The Morgan fingerprint density at radius 3 is 2.86 bits per heavy atom. The third-order valence-corrected chi connectivity index (χ3v) is 4.24. The number of likely N-dealkylation sites (tertiary alicyclic amines) is 1. The summed E-state index contributed by atoms with van der Waals surface area (Å²) in [5.41, 5.74) is -0.0981. The Hall–Kier alpha value is -1.49. The number of hydrogen-bond acceptors (Lipinski definition) is 2. The molecule has 0 aromatic heterocycles. The van der Waals surface area contributed by atoms with Crippen molar-refractivity contribution < 1.29 is 18.7 Å². The fraction of sp³-hybridized carbons (Fsp3) is 0.562. The van der Waals surface area contributed by atoms with Gasteiger partial charge in [0.2, 0.25) is 5.91 Å². The van der Waals surface area contributed by atoms with E-state index in [1.165, 1.54) is 12.1 Å². The molecule has 1 aliphatic heterocycles. The van der Waals surface area contributed by atoms with Gasteiger partial charge in [0.1, 0.15) is 0 Å². The molecule has 1 aromatic rings. The summed E-state index contributed by atoms with van der Waals surface area (Å²) in [7, 11) is 0. The molecule has 0 radical (unpaired) electrons. The van der Waals surface area contributed by atoms with Gasteiger partial charge < -0.3 is 10.0 Å². The molecule has 1 saturated heterocycles. The van der Waals surface area contributed by atoms with E-state index in [0.717, 1.165) is 25.3 Å². The van der Waals surface area contributed by atoms with Crippen molar-refractivity contribution in [3.63, 3.8) is 0 Å². The van der Waals surface area contributed by atoms with Crippen molar-refractivity contribution in [3.8, 4) is 0 Å². The molecule has 2 atom stereocenters. The smallest absolute Gasteiger partial charge is 0.222 e. The van der Waals surface area contributed by atoms with Crippen LogP contribution >= 0.6 is 0 Å². The zero-order valence-corrected chi connectivity index (χ0v) is 12.2. The summed E-state index contributed by atoms with van der Waals surface area (Å²) in [5.74, 6) is -1.54. The summed E-state index contributed by atoms with van der Waals surface area (Å²) in [6.45, 7) is 2.67. The van der Waals surface area contributed by atoms with Crippen LogP contribution in [0.25, 0.3) is 0 Å². The van der Waals surface area contributed by atoms with E-state index >= 15 is 0 Å². The first-order valence-corrected chi connectivity index (χ1v) is 7.42. The molecule has 0 aliphatic carbocycles. The monoisotopic (exact) mass is 297 g/mol. The summed E-state index contributed by atoms with van der Waals surface area (Å²) < 4.78 is 26.9. The highest BCUT2D eigenvalue weighted by molar-refractivity contribution is 5.76. The van der Waals surface area contributed by atoms with E-state index in [2.05, 4.69) is 6.92 Å². The van der Waals surface area contributed by atoms with Gasteiger partial charge in [0, 0.05) is 18.5 Å². The first kappa shape index (κ1) is 15.9. The molecule has 1 fully saturated rings. The second-order valence-electron chi connectivity index (χ2n) is 5.60. The first-order valence-electron chi connectivity index (χ1n) is 7.42. The van der Waals surface area contributed by atoms with Crippen LogP contribution in [-0.4, -0.2) is 29.0 Å². The van der Waals surface area contributed by atoms with Crippen LogP contribution in [0.3, 0.4) is 0 Å². The lowest BCUT2D eigenvalue weighted by atomic mass is 9.98. The van der Waals surface area contributed by atoms with E-state index in [1.807, 2.05) is 0 Å². The third-order valence-electron chi connectivity index (χ3n) is 4.24. The maximum atomic E-state index is 13.7. The Morgan fingerprint density at radius 2 is 2.14 bits per heavy atom. The Labute approximate surface area is 123 Å². The number of aliphatic hydroxyl groups excluding tert-OH is 1. The summed E-state index contributed by atoms with van der Waals surface area (Å²) in [6, 6.07) is 3.71. The Kier molecular flexibility index (Phi) is 5.28. The average molecular weight is 297 g/mol. The molecule has 0 bridgehead atoms. The number of carbonyl (C=O) groups excluding carboxylic acids is 1. The van der Waals surface area contributed by atoms with Gasteiger partial charge >= 0.3 is 0 Å². The molecule has 1 aromatic carbocycles. The number of aliphatic hydroxyl groups is 1. The average Bonchev–Trinajstić information content (AvgIpc) is 2.64. The highest BCUT2D eigenvalue weighted by Gasteiger charge is 2.25. The zero-order valence-electron chi connectivity index (χ0n) is 12.2. The van der Waals surface area contributed by atoms with Gasteiger partial charge in [-0.3, -0.25) is 4.79 Å². The largest absolute Gasteiger partial charge is 0.386 e. The first-order chi connectivity index (χ1) is 10.0. The van der Waals surface area contributed by atoms with Gasteiger partial charge in [-0.05, 0) is 24.8 Å². The van der Waals surface area contributed by atoms with Crippen LogP contribution in [0, 0.1) is 17.6 Å². The Bertz CT molecular complexity index is 507. The van der Waals surface area contributed by atoms with Crippen molar-refractivity contribution in [1.82, 2.24) is 4.90 Å². The van der Waals surface area contributed by atoms with Gasteiger partial charge in [0.25, 0.3) is 0 Å². The molecular weight excluding hydrogens is 276 g/mol. The number of rotatable bonds is 4. The molecule has 1 amide bonds. The van der Waals surface area contributed by atoms with Gasteiger partial charge in [-0.15, -0.1) is 0 Å². The van der Waals surface area contributed by atoms with Crippen LogP contribution in [-0.2, 0) is 4.79 Å². The van der Waals surface area contributed by atoms with E-state index in [1.54, 1.807) is 4.90 Å². The molecule has 0 saturated carbocycles. The lowest BCUT2D eigenvalue weighted by Gasteiger charge is -2.24. The van der Waals surface area contributed by atoms with Gasteiger partial charge in [0.15, 0.2) is 11.6 Å². The van der Waals surface area contributed by atoms with E-state index in [9.17, 15) is 18.7 Å². The summed E-state index contributed by atoms with van der Waals surface area (Å²) in [6.07, 6.45) is 2.03. The maximum Gasteiger partial charge on any atom is 0.222 e. The number of carbonyl (C=O) groups is 1. The molecule has 2 rings (SSSR count). The minimum atomic E-state index is -1.21. The lowest BCUT2D eigenvalue weighted by Crippen LogP contribution is -2.34. The summed E-state index contributed by atoms with van der Waals surface area (Å²) >= 11 is 0. The van der Waals surface area contributed by atoms with Gasteiger partial charge in [-0.25, -0.2) is 8.78 Å². The van der Waals surface area contributed by atoms with Crippen molar-refractivity contribution in [3.05, 3.63) is 35.4 Å². The number of nitrogens with zero attached hydrogens (tertiary/aromatic N) is 1. The minimum absolute atomic E-state index is 0.00956. The molecule has 5 heteroatoms. The van der Waals surface area contributed by atoms with E-state index in [-0.39, 0.29) is 18.0 Å². The van der Waals surface area contributed by atoms with Crippen molar-refractivity contribution in [2.24, 2.45) is 5.92 Å². The molecule has 1 N–H and O–H groups in total. The van der Waals surface area contributed by atoms with Crippen LogP contribution in [0.4, 0.5) is 8.78 Å². The van der Waals surface area contributed by atoms with Crippen molar-refractivity contribution in [2.45, 2.75) is 38.7 Å². The van der Waals surface area contributed by atoms with Crippen LogP contribution in [0.2, 0.25) is 0 Å². The topological polar surface area (TPSA) is 40.5 Å². The molecule has 3 nitrogen and oxygen atoms in total. The van der Waals surface area contributed by atoms with E-state index in [4.69, 9.17) is 0 Å². The second-order valence-corrected chi connectivity index (χ2v) is 5.60. The Morgan fingerprint density at radius 1 is 1.38 bits per heavy atom. The van der Waals surface area contributed by atoms with Crippen molar-refractivity contribution in [1.29, 1.82) is 0 Å². The fourth-order valence-corrected chi connectivity index (χ4v) is 2.78. The van der Waals surface area contributed by atoms with Gasteiger partial charge in [-0.2, -0.15) is 0 Å². The SMILES string of the molecule is CCC1CCC(=O)N(CC(O)c2cccc(F)c2F)CC1. The molecule has 21 heavy (non-hydrogen) atoms. The maximum absolute atomic E-state index is 13.7. The van der Waals surface area contributed by atoms with Crippen LogP contribution in [0.15, 0.2) is 18.2 Å². The standard InChI is InChI=1S/C16H21F2NO2/c1-2-11-6-7-15(21)19(9-8-11)10-14(20)12-4-3-5-13(17)16(12)18/h3-5,11,14,20H,2,6-10H2,1H3. The summed E-state index contributed by atoms with van der Waals surface area (Å²) in [5, 5.41) is 10.1. The Balaban J connectivity index is 2.06. The zero-order chi connectivity index (χ0) is 15.4. The van der Waals surface area contributed by atoms with Crippen LogP contribution in [0.5, 0.6) is 0 Å². The van der Waals surface area contributed by atoms with E-state index in [0.29, 0.717) is 18.9 Å². The lowest BCUT2D eigenvalue weighted by molar-refractivity contribution is -0.132. The molecular formula is C16H21F2NO2. The number of β-amino-alcohol motifs (C(OH)–C–C–N with tert-alkyl or cyclic N) is 1. The number of halogens is 2. The quantitative estimate of drug-likeness (QED) is 0.928. The molecule has 2 unspecified atom stereocenters. The number of benzene rings is 1. The third kappa shape index (κ3) is 3.79. The molecule has 1 aliphatic rings. The predicted molar refractivity (Wildman–Crippen MR) is 75.5 cm³/mol. The number of hydrogen-bond donors (Lipinski definition) is 1. The normalized spacial score (nSPS) is 21.2. The van der Waals surface area contributed by atoms with Crippen LogP contribution < -0.4 is 0 Å². The minimum Gasteiger partial charge on any atom is -0.386 e. The van der Waals surface area contributed by atoms with Gasteiger partial charge in [-0.1, -0.05) is 25.5 Å². The highest BCUT2D eigenvalue weighted by Crippen LogP contribution is 2.24. The van der Waals surface area contributed by atoms with Crippen LogP contribution in [0.1, 0.15) is 44.3 Å². The second kappa shape index (κ2) is 6.98.